The molecular formula is C21H23NO2. The molecule has 3 aromatic rings. The van der Waals surface area contributed by atoms with Gasteiger partial charge in [-0.25, -0.2) is 0 Å². The van der Waals surface area contributed by atoms with E-state index in [1.54, 1.807) is 0 Å². The molecule has 0 aliphatic heterocycles. The Hall–Kier alpha value is -2.42. The first-order valence-corrected chi connectivity index (χ1v) is 8.67. The van der Waals surface area contributed by atoms with Gasteiger partial charge in [0.05, 0.1) is 5.69 Å². The Morgan fingerprint density at radius 3 is 2.62 bits per heavy atom. The van der Waals surface area contributed by atoms with Gasteiger partial charge in [-0.05, 0) is 30.5 Å². The van der Waals surface area contributed by atoms with E-state index in [4.69, 9.17) is 4.52 Å². The van der Waals surface area contributed by atoms with Crippen LogP contribution in [0.3, 0.4) is 0 Å². The average molecular weight is 321 g/mol. The second-order valence-electron chi connectivity index (χ2n) is 6.30. The van der Waals surface area contributed by atoms with Crippen molar-refractivity contribution in [2.75, 3.05) is 0 Å². The lowest BCUT2D eigenvalue weighted by atomic mass is 9.98. The van der Waals surface area contributed by atoms with Crippen LogP contribution in [0, 0.1) is 6.92 Å². The number of nitrogens with zero attached hydrogens (tertiary/aromatic N) is 1. The Morgan fingerprint density at radius 2 is 1.79 bits per heavy atom. The number of hydrogen-bond donors (Lipinski definition) is 0. The molecule has 1 aromatic heterocycles. The first kappa shape index (κ1) is 16.4. The third-order valence-corrected chi connectivity index (χ3v) is 4.34. The first-order valence-electron chi connectivity index (χ1n) is 8.67. The number of carbonyl (C=O) groups is 1. The minimum absolute atomic E-state index is 0.248. The molecule has 0 bridgehead atoms. The molecule has 0 radical (unpaired) electrons. The van der Waals surface area contributed by atoms with Gasteiger partial charge in [0.1, 0.15) is 5.76 Å². The van der Waals surface area contributed by atoms with Crippen LogP contribution in [0.15, 0.2) is 53.1 Å². The quantitative estimate of drug-likeness (QED) is 0.406. The van der Waals surface area contributed by atoms with E-state index in [1.807, 2.05) is 43.3 Å². The summed E-state index contributed by atoms with van der Waals surface area (Å²) < 4.78 is 5.20. The Labute approximate surface area is 142 Å². The van der Waals surface area contributed by atoms with E-state index >= 15 is 0 Å². The molecule has 0 atom stereocenters. The number of benzene rings is 2. The van der Waals surface area contributed by atoms with Crippen LogP contribution in [0.2, 0.25) is 0 Å². The van der Waals surface area contributed by atoms with E-state index in [0.717, 1.165) is 59.9 Å². The van der Waals surface area contributed by atoms with Gasteiger partial charge < -0.3 is 4.52 Å². The van der Waals surface area contributed by atoms with Crippen molar-refractivity contribution in [3.05, 3.63) is 65.5 Å². The summed E-state index contributed by atoms with van der Waals surface area (Å²) in [5.74, 6) is 1.21. The van der Waals surface area contributed by atoms with E-state index in [1.165, 1.54) is 0 Å². The van der Waals surface area contributed by atoms with Crippen molar-refractivity contribution in [2.45, 2.75) is 45.4 Å². The predicted molar refractivity (Wildman–Crippen MR) is 96.3 cm³/mol. The number of carbonyl (C=O) groups excluding carboxylic acids is 1. The van der Waals surface area contributed by atoms with Gasteiger partial charge in [0, 0.05) is 24.5 Å². The van der Waals surface area contributed by atoms with E-state index in [-0.39, 0.29) is 5.78 Å². The van der Waals surface area contributed by atoms with Crippen LogP contribution in [-0.4, -0.2) is 10.9 Å². The van der Waals surface area contributed by atoms with Crippen molar-refractivity contribution in [2.24, 2.45) is 0 Å². The van der Waals surface area contributed by atoms with Crippen LogP contribution in [0.1, 0.15) is 53.9 Å². The second kappa shape index (κ2) is 7.91. The Morgan fingerprint density at radius 1 is 1.00 bits per heavy atom. The van der Waals surface area contributed by atoms with Crippen LogP contribution in [-0.2, 0) is 6.42 Å². The third kappa shape index (κ3) is 4.10. The lowest BCUT2D eigenvalue weighted by Gasteiger charge is -2.06. The van der Waals surface area contributed by atoms with Crippen molar-refractivity contribution < 1.29 is 9.32 Å². The van der Waals surface area contributed by atoms with Crippen molar-refractivity contribution in [3.8, 4) is 0 Å². The fourth-order valence-corrected chi connectivity index (χ4v) is 3.08. The number of unbranched alkanes of at least 4 members (excludes halogenated alkanes) is 3. The van der Waals surface area contributed by atoms with Gasteiger partial charge in [-0.15, -0.1) is 0 Å². The number of rotatable bonds is 8. The van der Waals surface area contributed by atoms with E-state index < -0.39 is 0 Å². The normalized spacial score (nSPS) is 11.0. The molecule has 0 fully saturated rings. The highest BCUT2D eigenvalue weighted by Gasteiger charge is 2.09. The highest BCUT2D eigenvalue weighted by Crippen LogP contribution is 2.21. The molecule has 0 saturated carbocycles. The van der Waals surface area contributed by atoms with Crippen LogP contribution in [0.5, 0.6) is 0 Å². The van der Waals surface area contributed by atoms with Gasteiger partial charge in [-0.2, -0.15) is 0 Å². The molecule has 0 aliphatic carbocycles. The topological polar surface area (TPSA) is 43.1 Å². The Bertz CT molecular complexity index is 814. The summed E-state index contributed by atoms with van der Waals surface area (Å²) in [7, 11) is 0. The summed E-state index contributed by atoms with van der Waals surface area (Å²) in [4.78, 5) is 12.5. The molecule has 0 aliphatic rings. The minimum Gasteiger partial charge on any atom is -0.361 e. The van der Waals surface area contributed by atoms with Gasteiger partial charge in [-0.1, -0.05) is 60.5 Å². The maximum Gasteiger partial charge on any atom is 0.163 e. The highest BCUT2D eigenvalue weighted by atomic mass is 16.5. The fraction of sp³-hybridized carbons (Fsp3) is 0.333. The molecule has 24 heavy (non-hydrogen) atoms. The van der Waals surface area contributed by atoms with Crippen LogP contribution < -0.4 is 0 Å². The van der Waals surface area contributed by atoms with E-state index in [0.29, 0.717) is 6.42 Å². The van der Waals surface area contributed by atoms with Crippen molar-refractivity contribution in [1.29, 1.82) is 0 Å². The molecule has 1 heterocycles. The summed E-state index contributed by atoms with van der Waals surface area (Å²) in [5, 5.41) is 6.08. The molecule has 3 heteroatoms. The van der Waals surface area contributed by atoms with Gasteiger partial charge >= 0.3 is 0 Å². The standard InChI is InChI=1S/C21H23NO2/c1-16-15-18(24-22-16)11-4-2-3-5-14-21(23)20-13-8-10-17-9-6-7-12-19(17)20/h6-10,12-13,15H,2-5,11,14H2,1H3. The second-order valence-corrected chi connectivity index (χ2v) is 6.30. The SMILES string of the molecule is Cc1cc(CCCCCCC(=O)c2cccc3ccccc23)on1. The molecule has 0 N–H and O–H groups in total. The lowest BCUT2D eigenvalue weighted by molar-refractivity contribution is 0.0980. The zero-order chi connectivity index (χ0) is 16.8. The number of hydrogen-bond acceptors (Lipinski definition) is 3. The minimum atomic E-state index is 0.248. The smallest absolute Gasteiger partial charge is 0.163 e. The molecule has 2 aromatic carbocycles. The van der Waals surface area contributed by atoms with E-state index in [9.17, 15) is 4.79 Å². The molecule has 124 valence electrons. The van der Waals surface area contributed by atoms with E-state index in [2.05, 4.69) is 17.3 Å². The van der Waals surface area contributed by atoms with Gasteiger partial charge in [0.2, 0.25) is 0 Å². The largest absolute Gasteiger partial charge is 0.361 e. The average Bonchev–Trinajstić information content (AvgIpc) is 3.02. The number of Topliss-reactive ketones (excluding diaryl/α,β-unsaturated/α-hetero) is 1. The molecule has 0 spiro atoms. The molecule has 0 saturated heterocycles. The van der Waals surface area contributed by atoms with Crippen molar-refractivity contribution in [3.63, 3.8) is 0 Å². The molecular weight excluding hydrogens is 298 g/mol. The molecule has 0 unspecified atom stereocenters. The lowest BCUT2D eigenvalue weighted by Crippen LogP contribution is -2.00. The van der Waals surface area contributed by atoms with Crippen molar-refractivity contribution in [1.82, 2.24) is 5.16 Å². The number of ketones is 1. The van der Waals surface area contributed by atoms with Gasteiger partial charge in [0.25, 0.3) is 0 Å². The summed E-state index contributed by atoms with van der Waals surface area (Å²) >= 11 is 0. The monoisotopic (exact) mass is 321 g/mol. The number of fused-ring (bicyclic) bond motifs is 1. The zero-order valence-corrected chi connectivity index (χ0v) is 14.1. The third-order valence-electron chi connectivity index (χ3n) is 4.34. The number of aryl methyl sites for hydroxylation is 2. The predicted octanol–water partition coefficient (Wildman–Crippen LogP) is 5.51. The summed E-state index contributed by atoms with van der Waals surface area (Å²) in [5.41, 5.74) is 1.79. The first-order chi connectivity index (χ1) is 11.7. The van der Waals surface area contributed by atoms with Crippen molar-refractivity contribution >= 4 is 16.6 Å². The summed E-state index contributed by atoms with van der Waals surface area (Å²) in [6.07, 6.45) is 5.76. The highest BCUT2D eigenvalue weighted by molar-refractivity contribution is 6.08. The summed E-state index contributed by atoms with van der Waals surface area (Å²) in [6, 6.07) is 16.0. The number of aromatic nitrogens is 1. The van der Waals surface area contributed by atoms with Crippen LogP contribution >= 0.6 is 0 Å². The maximum absolute atomic E-state index is 12.5. The Kier molecular flexibility index (Phi) is 5.42. The van der Waals surface area contributed by atoms with Crippen LogP contribution in [0.4, 0.5) is 0 Å². The Balaban J connectivity index is 1.44. The van der Waals surface area contributed by atoms with Gasteiger partial charge in [-0.3, -0.25) is 4.79 Å². The van der Waals surface area contributed by atoms with Crippen LogP contribution in [0.25, 0.3) is 10.8 Å². The molecule has 0 amide bonds. The zero-order valence-electron chi connectivity index (χ0n) is 14.1. The fourth-order valence-electron chi connectivity index (χ4n) is 3.08. The molecule has 3 nitrogen and oxygen atoms in total. The molecule has 3 rings (SSSR count). The maximum atomic E-state index is 12.5. The van der Waals surface area contributed by atoms with Gasteiger partial charge in [0.15, 0.2) is 5.78 Å². The summed E-state index contributed by atoms with van der Waals surface area (Å²) in [6.45, 7) is 1.94.